The molecule has 1 aromatic carbocycles. The van der Waals surface area contributed by atoms with Crippen molar-refractivity contribution in [2.24, 2.45) is 5.73 Å². The monoisotopic (exact) mass is 284 g/mol. The molecule has 1 atom stereocenters. The molecule has 2 rings (SSSR count). The highest BCUT2D eigenvalue weighted by molar-refractivity contribution is 7.89. The Labute approximate surface area is 114 Å². The molecule has 0 fully saturated rings. The molecule has 0 saturated heterocycles. The Morgan fingerprint density at radius 1 is 1.42 bits per heavy atom. The predicted octanol–water partition coefficient (Wildman–Crippen LogP) is 1.50. The van der Waals surface area contributed by atoms with Crippen LogP contribution in [0.5, 0.6) is 5.75 Å². The highest BCUT2D eigenvalue weighted by Crippen LogP contribution is 2.39. The minimum Gasteiger partial charge on any atom is -0.493 e. The fraction of sp³-hybridized carbons (Fsp3) is 0.538. The highest BCUT2D eigenvalue weighted by Gasteiger charge is 2.26. The summed E-state index contributed by atoms with van der Waals surface area (Å²) in [5.74, 6) is 0.926. The number of sulfonamides is 1. The Balaban J connectivity index is 2.68. The number of fused-ring (bicyclic) bond motifs is 1. The Hall–Kier alpha value is -1.11. The van der Waals surface area contributed by atoms with Gasteiger partial charge in [0.1, 0.15) is 5.75 Å². The van der Waals surface area contributed by atoms with Gasteiger partial charge in [0.2, 0.25) is 10.0 Å². The summed E-state index contributed by atoms with van der Waals surface area (Å²) in [7, 11) is -2.07. The molecule has 0 radical (unpaired) electrons. The van der Waals surface area contributed by atoms with Crippen molar-refractivity contribution in [1.29, 1.82) is 0 Å². The zero-order valence-electron chi connectivity index (χ0n) is 11.4. The number of rotatable bonds is 3. The summed E-state index contributed by atoms with van der Waals surface area (Å²) in [6.45, 7) is 4.59. The molecule has 3 N–H and O–H groups in total. The molecule has 19 heavy (non-hydrogen) atoms. The minimum absolute atomic E-state index is 0.172. The molecule has 1 heterocycles. The predicted molar refractivity (Wildman–Crippen MR) is 73.8 cm³/mol. The standard InChI is InChI=1S/C13H20N2O3S/c1-8(2)10-6-9(19(16,17)15-3)7-11-12(14)4-5-18-13(10)11/h6-8,12,15H,4-5,14H2,1-3H3. The van der Waals surface area contributed by atoms with Crippen LogP contribution in [0.3, 0.4) is 0 Å². The number of benzene rings is 1. The molecule has 0 aromatic heterocycles. The molecule has 0 spiro atoms. The van der Waals surface area contributed by atoms with Gasteiger partial charge < -0.3 is 10.5 Å². The van der Waals surface area contributed by atoms with Gasteiger partial charge in [0.05, 0.1) is 11.5 Å². The second kappa shape index (κ2) is 5.11. The van der Waals surface area contributed by atoms with Crippen LogP contribution in [0.15, 0.2) is 17.0 Å². The van der Waals surface area contributed by atoms with Gasteiger partial charge in [-0.25, -0.2) is 13.1 Å². The van der Waals surface area contributed by atoms with E-state index in [1.165, 1.54) is 7.05 Å². The van der Waals surface area contributed by atoms with Crippen molar-refractivity contribution in [3.63, 3.8) is 0 Å². The minimum atomic E-state index is -3.47. The van der Waals surface area contributed by atoms with Crippen molar-refractivity contribution in [3.05, 3.63) is 23.3 Å². The van der Waals surface area contributed by atoms with E-state index in [0.717, 1.165) is 16.9 Å². The molecule has 0 amide bonds. The highest BCUT2D eigenvalue weighted by atomic mass is 32.2. The van der Waals surface area contributed by atoms with E-state index in [2.05, 4.69) is 4.72 Å². The Morgan fingerprint density at radius 2 is 2.11 bits per heavy atom. The van der Waals surface area contributed by atoms with Crippen LogP contribution in [0.2, 0.25) is 0 Å². The van der Waals surface area contributed by atoms with E-state index < -0.39 is 10.0 Å². The van der Waals surface area contributed by atoms with Crippen LogP contribution in [-0.2, 0) is 10.0 Å². The fourth-order valence-corrected chi connectivity index (χ4v) is 3.03. The molecule has 1 aromatic rings. The first-order valence-corrected chi connectivity index (χ1v) is 7.85. The molecular weight excluding hydrogens is 264 g/mol. The number of hydrogen-bond acceptors (Lipinski definition) is 4. The van der Waals surface area contributed by atoms with E-state index in [-0.39, 0.29) is 16.9 Å². The first-order valence-electron chi connectivity index (χ1n) is 6.36. The zero-order valence-corrected chi connectivity index (χ0v) is 12.3. The lowest BCUT2D eigenvalue weighted by molar-refractivity contribution is 0.264. The molecule has 0 saturated carbocycles. The van der Waals surface area contributed by atoms with Crippen molar-refractivity contribution in [2.45, 2.75) is 37.1 Å². The van der Waals surface area contributed by atoms with Crippen LogP contribution < -0.4 is 15.2 Å². The SMILES string of the molecule is CNS(=O)(=O)c1cc(C(C)C)c2c(c1)C(N)CCO2. The summed E-state index contributed by atoms with van der Waals surface area (Å²) in [6.07, 6.45) is 0.702. The maximum absolute atomic E-state index is 12.0. The number of ether oxygens (including phenoxy) is 1. The van der Waals surface area contributed by atoms with Gasteiger partial charge in [0.15, 0.2) is 0 Å². The van der Waals surface area contributed by atoms with Crippen molar-refractivity contribution in [2.75, 3.05) is 13.7 Å². The Morgan fingerprint density at radius 3 is 2.68 bits per heavy atom. The van der Waals surface area contributed by atoms with Crippen LogP contribution in [0, 0.1) is 0 Å². The summed E-state index contributed by atoms with van der Waals surface area (Å²) in [4.78, 5) is 0.249. The van der Waals surface area contributed by atoms with Gasteiger partial charge in [-0.15, -0.1) is 0 Å². The topological polar surface area (TPSA) is 81.4 Å². The van der Waals surface area contributed by atoms with Gasteiger partial charge in [0, 0.05) is 18.0 Å². The summed E-state index contributed by atoms with van der Waals surface area (Å²) in [5, 5.41) is 0. The molecule has 0 aliphatic carbocycles. The zero-order chi connectivity index (χ0) is 14.2. The molecule has 0 bridgehead atoms. The quantitative estimate of drug-likeness (QED) is 0.881. The van der Waals surface area contributed by atoms with Gasteiger partial charge in [-0.3, -0.25) is 0 Å². The van der Waals surface area contributed by atoms with Crippen LogP contribution in [-0.4, -0.2) is 22.1 Å². The lowest BCUT2D eigenvalue weighted by Crippen LogP contribution is -2.24. The van der Waals surface area contributed by atoms with Crippen LogP contribution in [0.1, 0.15) is 43.4 Å². The lowest BCUT2D eigenvalue weighted by Gasteiger charge is -2.27. The second-order valence-corrected chi connectivity index (χ2v) is 6.92. The normalized spacial score (nSPS) is 19.1. The average molecular weight is 284 g/mol. The van der Waals surface area contributed by atoms with E-state index in [1.807, 2.05) is 13.8 Å². The summed E-state index contributed by atoms with van der Waals surface area (Å²) in [5.41, 5.74) is 7.75. The average Bonchev–Trinajstić information content (AvgIpc) is 2.38. The third-order valence-electron chi connectivity index (χ3n) is 3.40. The largest absolute Gasteiger partial charge is 0.493 e. The van der Waals surface area contributed by atoms with Crippen molar-refractivity contribution >= 4 is 10.0 Å². The van der Waals surface area contributed by atoms with Gasteiger partial charge in [0.25, 0.3) is 0 Å². The van der Waals surface area contributed by atoms with E-state index in [1.54, 1.807) is 12.1 Å². The van der Waals surface area contributed by atoms with Crippen LogP contribution in [0.4, 0.5) is 0 Å². The molecule has 6 heteroatoms. The third kappa shape index (κ3) is 2.61. The third-order valence-corrected chi connectivity index (χ3v) is 4.79. The molecule has 5 nitrogen and oxygen atoms in total. The molecule has 106 valence electrons. The van der Waals surface area contributed by atoms with E-state index in [9.17, 15) is 8.42 Å². The molecule has 1 aliphatic heterocycles. The molecule has 1 aliphatic rings. The second-order valence-electron chi connectivity index (χ2n) is 5.04. The fourth-order valence-electron chi connectivity index (χ4n) is 2.23. The summed E-state index contributed by atoms with van der Waals surface area (Å²) < 4.78 is 32.0. The Kier molecular flexibility index (Phi) is 3.85. The summed E-state index contributed by atoms with van der Waals surface area (Å²) in [6, 6.07) is 3.12. The lowest BCUT2D eigenvalue weighted by atomic mass is 9.93. The number of hydrogen-bond donors (Lipinski definition) is 2. The maximum atomic E-state index is 12.0. The van der Waals surface area contributed by atoms with Gasteiger partial charge in [-0.05, 0) is 30.7 Å². The number of nitrogens with one attached hydrogen (secondary N) is 1. The van der Waals surface area contributed by atoms with Crippen molar-refractivity contribution < 1.29 is 13.2 Å². The Bertz CT molecular complexity index is 565. The summed E-state index contributed by atoms with van der Waals surface area (Å²) >= 11 is 0. The molecular formula is C13H20N2O3S. The van der Waals surface area contributed by atoms with Crippen LogP contribution in [0.25, 0.3) is 0 Å². The smallest absolute Gasteiger partial charge is 0.240 e. The maximum Gasteiger partial charge on any atom is 0.240 e. The van der Waals surface area contributed by atoms with E-state index >= 15 is 0 Å². The van der Waals surface area contributed by atoms with Gasteiger partial charge in [-0.2, -0.15) is 0 Å². The van der Waals surface area contributed by atoms with Crippen molar-refractivity contribution in [3.8, 4) is 5.75 Å². The van der Waals surface area contributed by atoms with Gasteiger partial charge in [-0.1, -0.05) is 13.8 Å². The van der Waals surface area contributed by atoms with E-state index in [0.29, 0.717) is 13.0 Å². The number of nitrogens with two attached hydrogens (primary N) is 1. The first-order chi connectivity index (χ1) is 8.86. The van der Waals surface area contributed by atoms with E-state index in [4.69, 9.17) is 10.5 Å². The first kappa shape index (κ1) is 14.3. The van der Waals surface area contributed by atoms with Gasteiger partial charge >= 0.3 is 0 Å². The van der Waals surface area contributed by atoms with Crippen LogP contribution >= 0.6 is 0 Å². The van der Waals surface area contributed by atoms with Crippen molar-refractivity contribution in [1.82, 2.24) is 4.72 Å². The molecule has 1 unspecified atom stereocenters.